The number of hydrogen-bond donors (Lipinski definition) is 2. The quantitative estimate of drug-likeness (QED) is 0.624. The largest absolute Gasteiger partial charge is 0.375 e. The fraction of sp³-hybridized carbons (Fsp3) is 0.458. The lowest BCUT2D eigenvalue weighted by molar-refractivity contribution is -0.122. The summed E-state index contributed by atoms with van der Waals surface area (Å²) in [7, 11) is 0. The number of carbonyl (C=O) groups excluding carboxylic acids is 1. The van der Waals surface area contributed by atoms with E-state index in [0.717, 1.165) is 48.5 Å². The van der Waals surface area contributed by atoms with Gasteiger partial charge in [-0.2, -0.15) is 0 Å². The number of ketones is 1. The van der Waals surface area contributed by atoms with E-state index in [1.54, 1.807) is 6.33 Å². The molecular weight excluding hydrogens is 374 g/mol. The van der Waals surface area contributed by atoms with Crippen LogP contribution in [0, 0.1) is 11.3 Å². The standard InChI is InChI=1S/C24H31N5O/c1-24(2,3)21(28-18-9-5-4-6-10-18)20(30)14-17-8-7-13-29(15-17)23-19-11-12-25-22(19)26-16-27-23/h4-6,9-12,16-17,21,28H,7-8,13-15H2,1-3H3,(H,25,26,27)/t17-,21-/m0/s1. The van der Waals surface area contributed by atoms with Gasteiger partial charge in [0.1, 0.15) is 17.8 Å². The van der Waals surface area contributed by atoms with E-state index in [2.05, 4.69) is 45.9 Å². The van der Waals surface area contributed by atoms with Crippen LogP contribution in [0.2, 0.25) is 0 Å². The van der Waals surface area contributed by atoms with Crippen molar-refractivity contribution in [1.82, 2.24) is 15.0 Å². The minimum absolute atomic E-state index is 0.161. The number of nitrogens with zero attached hydrogens (tertiary/aromatic N) is 3. The molecule has 3 aromatic rings. The molecule has 0 amide bonds. The molecule has 1 saturated heterocycles. The lowest BCUT2D eigenvalue weighted by Crippen LogP contribution is -2.44. The Labute approximate surface area is 178 Å². The third-order valence-electron chi connectivity index (χ3n) is 5.91. The highest BCUT2D eigenvalue weighted by Gasteiger charge is 2.33. The molecule has 1 aliphatic heterocycles. The van der Waals surface area contributed by atoms with Crippen molar-refractivity contribution in [2.24, 2.45) is 11.3 Å². The molecule has 158 valence electrons. The Morgan fingerprint density at radius 2 is 2.03 bits per heavy atom. The van der Waals surface area contributed by atoms with Crippen molar-refractivity contribution < 1.29 is 4.79 Å². The second-order valence-electron chi connectivity index (χ2n) is 9.37. The topological polar surface area (TPSA) is 73.9 Å². The number of para-hydroxylation sites is 1. The first-order chi connectivity index (χ1) is 14.4. The molecule has 0 bridgehead atoms. The zero-order valence-corrected chi connectivity index (χ0v) is 18.1. The smallest absolute Gasteiger partial charge is 0.155 e. The molecule has 6 nitrogen and oxygen atoms in total. The van der Waals surface area contributed by atoms with Gasteiger partial charge in [0.2, 0.25) is 0 Å². The fourth-order valence-corrected chi connectivity index (χ4v) is 4.42. The van der Waals surface area contributed by atoms with E-state index in [-0.39, 0.29) is 17.2 Å². The van der Waals surface area contributed by atoms with Gasteiger partial charge in [0, 0.05) is 31.4 Å². The summed E-state index contributed by atoms with van der Waals surface area (Å²) in [6.07, 6.45) is 6.24. The average Bonchev–Trinajstić information content (AvgIpc) is 3.21. The van der Waals surface area contributed by atoms with Gasteiger partial charge < -0.3 is 15.2 Å². The van der Waals surface area contributed by atoms with Crippen LogP contribution in [0.15, 0.2) is 48.9 Å². The van der Waals surface area contributed by atoms with Crippen molar-refractivity contribution in [3.63, 3.8) is 0 Å². The van der Waals surface area contributed by atoms with Crippen LogP contribution in [0.3, 0.4) is 0 Å². The third kappa shape index (κ3) is 4.48. The second-order valence-corrected chi connectivity index (χ2v) is 9.37. The molecule has 30 heavy (non-hydrogen) atoms. The van der Waals surface area contributed by atoms with Crippen LogP contribution in [-0.4, -0.2) is 39.9 Å². The van der Waals surface area contributed by atoms with Gasteiger partial charge in [-0.3, -0.25) is 4.79 Å². The molecule has 0 unspecified atom stereocenters. The maximum atomic E-state index is 13.4. The summed E-state index contributed by atoms with van der Waals surface area (Å²) in [6.45, 7) is 8.20. The maximum Gasteiger partial charge on any atom is 0.155 e. The van der Waals surface area contributed by atoms with Crippen molar-refractivity contribution in [3.05, 3.63) is 48.9 Å². The van der Waals surface area contributed by atoms with Crippen LogP contribution in [-0.2, 0) is 4.79 Å². The summed E-state index contributed by atoms with van der Waals surface area (Å²) >= 11 is 0. The second kappa shape index (κ2) is 8.46. The van der Waals surface area contributed by atoms with Gasteiger partial charge in [0.25, 0.3) is 0 Å². The first kappa shape index (κ1) is 20.4. The van der Waals surface area contributed by atoms with Crippen molar-refractivity contribution in [3.8, 4) is 0 Å². The first-order valence-electron chi connectivity index (χ1n) is 10.8. The Balaban J connectivity index is 1.47. The van der Waals surface area contributed by atoms with Crippen LogP contribution in [0.1, 0.15) is 40.0 Å². The lowest BCUT2D eigenvalue weighted by Gasteiger charge is -2.36. The van der Waals surface area contributed by atoms with Crippen molar-refractivity contribution in [2.45, 2.75) is 46.1 Å². The van der Waals surface area contributed by atoms with E-state index in [4.69, 9.17) is 0 Å². The van der Waals surface area contributed by atoms with Crippen LogP contribution in [0.5, 0.6) is 0 Å². The van der Waals surface area contributed by atoms with Gasteiger partial charge in [0.05, 0.1) is 11.4 Å². The minimum atomic E-state index is -0.217. The molecular formula is C24H31N5O. The number of benzene rings is 1. The Morgan fingerprint density at radius 1 is 1.23 bits per heavy atom. The fourth-order valence-electron chi connectivity index (χ4n) is 4.42. The van der Waals surface area contributed by atoms with Crippen LogP contribution in [0.25, 0.3) is 11.0 Å². The third-order valence-corrected chi connectivity index (χ3v) is 5.91. The Bertz CT molecular complexity index is 992. The van der Waals surface area contributed by atoms with E-state index < -0.39 is 0 Å². The zero-order chi connectivity index (χ0) is 21.1. The van der Waals surface area contributed by atoms with Crippen LogP contribution < -0.4 is 10.2 Å². The van der Waals surface area contributed by atoms with Gasteiger partial charge in [-0.1, -0.05) is 39.0 Å². The monoisotopic (exact) mass is 405 g/mol. The number of aromatic nitrogens is 3. The number of Topliss-reactive ketones (excluding diaryl/α,β-unsaturated/α-hetero) is 1. The van der Waals surface area contributed by atoms with Crippen molar-refractivity contribution in [1.29, 1.82) is 0 Å². The lowest BCUT2D eigenvalue weighted by atomic mass is 9.80. The highest BCUT2D eigenvalue weighted by atomic mass is 16.1. The van der Waals surface area contributed by atoms with E-state index in [0.29, 0.717) is 12.3 Å². The summed E-state index contributed by atoms with van der Waals surface area (Å²) in [4.78, 5) is 27.7. The predicted octanol–water partition coefficient (Wildman–Crippen LogP) is 4.66. The van der Waals surface area contributed by atoms with Gasteiger partial charge in [-0.25, -0.2) is 9.97 Å². The summed E-state index contributed by atoms with van der Waals surface area (Å²) in [6, 6.07) is 11.8. The zero-order valence-electron chi connectivity index (χ0n) is 18.1. The van der Waals surface area contributed by atoms with E-state index in [1.165, 1.54) is 0 Å². The normalized spacial score (nSPS) is 18.4. The number of nitrogens with one attached hydrogen (secondary N) is 2. The van der Waals surface area contributed by atoms with Crippen molar-refractivity contribution in [2.75, 3.05) is 23.3 Å². The summed E-state index contributed by atoms with van der Waals surface area (Å²) in [5.74, 6) is 1.58. The van der Waals surface area contributed by atoms with E-state index in [9.17, 15) is 4.79 Å². The molecule has 2 aromatic heterocycles. The van der Waals surface area contributed by atoms with Crippen LogP contribution in [0.4, 0.5) is 11.5 Å². The number of anilines is 2. The number of hydrogen-bond acceptors (Lipinski definition) is 5. The number of carbonyl (C=O) groups is 1. The molecule has 0 radical (unpaired) electrons. The van der Waals surface area contributed by atoms with Gasteiger partial charge in [-0.15, -0.1) is 0 Å². The van der Waals surface area contributed by atoms with Crippen LogP contribution >= 0.6 is 0 Å². The molecule has 2 atom stereocenters. The molecule has 2 N–H and O–H groups in total. The minimum Gasteiger partial charge on any atom is -0.375 e. The SMILES string of the molecule is CC(C)(C)[C@@H](Nc1ccccc1)C(=O)C[C@@H]1CCCN(c2ncnc3[nH]ccc23)C1. The summed E-state index contributed by atoms with van der Waals surface area (Å²) in [5, 5.41) is 4.53. The molecule has 6 heteroatoms. The average molecular weight is 406 g/mol. The van der Waals surface area contributed by atoms with Gasteiger partial charge >= 0.3 is 0 Å². The number of H-pyrrole nitrogens is 1. The van der Waals surface area contributed by atoms with Crippen molar-refractivity contribution >= 4 is 28.3 Å². The first-order valence-corrected chi connectivity index (χ1v) is 10.8. The molecule has 1 aliphatic rings. The number of fused-ring (bicyclic) bond motifs is 1. The molecule has 3 heterocycles. The summed E-state index contributed by atoms with van der Waals surface area (Å²) in [5.41, 5.74) is 1.69. The number of rotatable bonds is 6. The molecule has 0 saturated carbocycles. The Hall–Kier alpha value is -2.89. The van der Waals surface area contributed by atoms with Gasteiger partial charge in [0.15, 0.2) is 5.78 Å². The van der Waals surface area contributed by atoms with E-state index >= 15 is 0 Å². The van der Waals surface area contributed by atoms with Gasteiger partial charge in [-0.05, 0) is 42.4 Å². The Morgan fingerprint density at radius 3 is 2.80 bits per heavy atom. The molecule has 1 fully saturated rings. The molecule has 1 aromatic carbocycles. The molecule has 4 rings (SSSR count). The number of aromatic amines is 1. The highest BCUT2D eigenvalue weighted by Crippen LogP contribution is 2.31. The molecule has 0 spiro atoms. The molecule has 0 aliphatic carbocycles. The highest BCUT2D eigenvalue weighted by molar-refractivity contribution is 5.88. The maximum absolute atomic E-state index is 13.4. The summed E-state index contributed by atoms with van der Waals surface area (Å²) < 4.78 is 0. The van der Waals surface area contributed by atoms with E-state index in [1.807, 2.05) is 42.6 Å². The predicted molar refractivity (Wildman–Crippen MR) is 122 cm³/mol. The number of piperidine rings is 1. The Kier molecular flexibility index (Phi) is 5.75.